The lowest BCUT2D eigenvalue weighted by Crippen LogP contribution is -2.01. The van der Waals surface area contributed by atoms with E-state index in [0.717, 1.165) is 0 Å². The van der Waals surface area contributed by atoms with Crippen LogP contribution < -0.4 is 0 Å². The quantitative estimate of drug-likeness (QED) is 0.872. The van der Waals surface area contributed by atoms with Crippen LogP contribution in [0, 0.1) is 12.7 Å². The molecule has 0 radical (unpaired) electrons. The van der Waals surface area contributed by atoms with E-state index < -0.39 is 6.10 Å². The van der Waals surface area contributed by atoms with Gasteiger partial charge in [0.15, 0.2) is 5.22 Å². The molecule has 0 saturated heterocycles. The number of furan rings is 1. The van der Waals surface area contributed by atoms with Gasteiger partial charge in [-0.2, -0.15) is 0 Å². The molecule has 0 fully saturated rings. The molecule has 16 heavy (non-hydrogen) atoms. The Balaban J connectivity index is 2.41. The summed E-state index contributed by atoms with van der Waals surface area (Å²) in [5.74, 6) is -0.327. The van der Waals surface area contributed by atoms with Gasteiger partial charge in [-0.25, -0.2) is 4.39 Å². The van der Waals surface area contributed by atoms with Crippen LogP contribution >= 0.6 is 11.6 Å². The second-order valence-electron chi connectivity index (χ2n) is 3.55. The van der Waals surface area contributed by atoms with E-state index in [0.29, 0.717) is 16.7 Å². The SMILES string of the molecule is Cc1cc(F)ccc1C(O)c1ccoc1Cl. The van der Waals surface area contributed by atoms with Crippen molar-refractivity contribution >= 4 is 11.6 Å². The van der Waals surface area contributed by atoms with Crippen molar-refractivity contribution in [1.82, 2.24) is 0 Å². The van der Waals surface area contributed by atoms with Crippen molar-refractivity contribution in [3.05, 3.63) is 58.3 Å². The highest BCUT2D eigenvalue weighted by Crippen LogP contribution is 2.30. The van der Waals surface area contributed by atoms with Gasteiger partial charge in [-0.05, 0) is 47.9 Å². The van der Waals surface area contributed by atoms with Crippen LogP contribution in [0.15, 0.2) is 34.9 Å². The summed E-state index contributed by atoms with van der Waals surface area (Å²) in [5.41, 5.74) is 1.77. The van der Waals surface area contributed by atoms with Crippen LogP contribution in [0.25, 0.3) is 0 Å². The third kappa shape index (κ3) is 1.96. The van der Waals surface area contributed by atoms with Crippen LogP contribution in [0.1, 0.15) is 22.8 Å². The van der Waals surface area contributed by atoms with Gasteiger partial charge in [-0.3, -0.25) is 0 Å². The summed E-state index contributed by atoms with van der Waals surface area (Å²) in [6.45, 7) is 1.73. The van der Waals surface area contributed by atoms with Crippen molar-refractivity contribution in [2.24, 2.45) is 0 Å². The van der Waals surface area contributed by atoms with Crippen molar-refractivity contribution < 1.29 is 13.9 Å². The van der Waals surface area contributed by atoms with Crippen LogP contribution in [-0.2, 0) is 0 Å². The molecule has 4 heteroatoms. The number of halogens is 2. The minimum atomic E-state index is -0.896. The maximum atomic E-state index is 12.9. The lowest BCUT2D eigenvalue weighted by atomic mass is 9.99. The highest BCUT2D eigenvalue weighted by Gasteiger charge is 2.18. The van der Waals surface area contributed by atoms with Crippen LogP contribution in [-0.4, -0.2) is 5.11 Å². The fourth-order valence-electron chi connectivity index (χ4n) is 1.61. The molecule has 0 saturated carbocycles. The number of aliphatic hydroxyl groups excluding tert-OH is 1. The molecule has 0 aliphatic carbocycles. The molecule has 1 aromatic carbocycles. The average molecular weight is 241 g/mol. The number of hydrogen-bond acceptors (Lipinski definition) is 2. The number of benzene rings is 1. The molecule has 1 aromatic heterocycles. The summed E-state index contributed by atoms with van der Waals surface area (Å²) in [6, 6.07) is 5.81. The monoisotopic (exact) mass is 240 g/mol. The summed E-state index contributed by atoms with van der Waals surface area (Å²) in [4.78, 5) is 0. The first-order chi connectivity index (χ1) is 7.59. The number of aliphatic hydroxyl groups is 1. The minimum Gasteiger partial charge on any atom is -0.453 e. The topological polar surface area (TPSA) is 33.4 Å². The van der Waals surface area contributed by atoms with Gasteiger partial charge in [0.1, 0.15) is 11.9 Å². The van der Waals surface area contributed by atoms with Gasteiger partial charge in [0.05, 0.1) is 6.26 Å². The van der Waals surface area contributed by atoms with Crippen molar-refractivity contribution in [3.8, 4) is 0 Å². The zero-order valence-corrected chi connectivity index (χ0v) is 9.33. The van der Waals surface area contributed by atoms with Crippen molar-refractivity contribution in [1.29, 1.82) is 0 Å². The molecule has 0 spiro atoms. The molecule has 2 nitrogen and oxygen atoms in total. The summed E-state index contributed by atoms with van der Waals surface area (Å²) in [5, 5.41) is 10.2. The first kappa shape index (κ1) is 11.2. The van der Waals surface area contributed by atoms with E-state index >= 15 is 0 Å². The Labute approximate surface area is 97.3 Å². The van der Waals surface area contributed by atoms with Crippen LogP contribution in [0.3, 0.4) is 0 Å². The van der Waals surface area contributed by atoms with Gasteiger partial charge in [-0.1, -0.05) is 6.07 Å². The fourth-order valence-corrected chi connectivity index (χ4v) is 1.83. The highest BCUT2D eigenvalue weighted by atomic mass is 35.5. The van der Waals surface area contributed by atoms with Gasteiger partial charge in [0.2, 0.25) is 0 Å². The number of rotatable bonds is 2. The predicted octanol–water partition coefficient (Wildman–Crippen LogP) is 3.46. The maximum absolute atomic E-state index is 12.9. The molecular formula is C12H10ClFO2. The van der Waals surface area contributed by atoms with Crippen molar-refractivity contribution in [2.45, 2.75) is 13.0 Å². The van der Waals surface area contributed by atoms with Crippen LogP contribution in [0.4, 0.5) is 4.39 Å². The van der Waals surface area contributed by atoms with E-state index in [1.807, 2.05) is 0 Å². The van der Waals surface area contributed by atoms with Gasteiger partial charge in [0, 0.05) is 5.56 Å². The van der Waals surface area contributed by atoms with Gasteiger partial charge in [-0.15, -0.1) is 0 Å². The van der Waals surface area contributed by atoms with E-state index in [-0.39, 0.29) is 11.0 Å². The largest absolute Gasteiger partial charge is 0.453 e. The predicted molar refractivity (Wildman–Crippen MR) is 58.9 cm³/mol. The molecule has 1 heterocycles. The normalized spacial score (nSPS) is 12.8. The molecule has 84 valence electrons. The third-order valence-electron chi connectivity index (χ3n) is 2.47. The van der Waals surface area contributed by atoms with Gasteiger partial charge in [0.25, 0.3) is 0 Å². The highest BCUT2D eigenvalue weighted by molar-refractivity contribution is 6.29. The smallest absolute Gasteiger partial charge is 0.199 e. The lowest BCUT2D eigenvalue weighted by Gasteiger charge is -2.12. The lowest BCUT2D eigenvalue weighted by molar-refractivity contribution is 0.218. The summed E-state index contributed by atoms with van der Waals surface area (Å²) < 4.78 is 17.8. The Hall–Kier alpha value is -1.32. The van der Waals surface area contributed by atoms with Crippen molar-refractivity contribution in [2.75, 3.05) is 0 Å². The molecule has 1 N–H and O–H groups in total. The average Bonchev–Trinajstić information content (AvgIpc) is 2.63. The number of hydrogen-bond donors (Lipinski definition) is 1. The second kappa shape index (κ2) is 4.28. The minimum absolute atomic E-state index is 0.149. The molecule has 1 atom stereocenters. The molecule has 0 amide bonds. The van der Waals surface area contributed by atoms with Crippen LogP contribution in [0.5, 0.6) is 0 Å². The first-order valence-electron chi connectivity index (χ1n) is 4.76. The Morgan fingerprint density at radius 1 is 1.31 bits per heavy atom. The van der Waals surface area contributed by atoms with Gasteiger partial charge >= 0.3 is 0 Å². The third-order valence-corrected chi connectivity index (χ3v) is 2.77. The molecule has 0 aliphatic rings. The van der Waals surface area contributed by atoms with E-state index in [1.54, 1.807) is 19.1 Å². The zero-order valence-electron chi connectivity index (χ0n) is 8.58. The Morgan fingerprint density at radius 2 is 2.06 bits per heavy atom. The molecule has 0 aliphatic heterocycles. The molecule has 1 unspecified atom stereocenters. The van der Waals surface area contributed by atoms with Crippen LogP contribution in [0.2, 0.25) is 5.22 Å². The molecule has 2 rings (SSSR count). The van der Waals surface area contributed by atoms with E-state index in [2.05, 4.69) is 0 Å². The molecular weight excluding hydrogens is 231 g/mol. The Kier molecular flexibility index (Phi) is 2.99. The summed E-state index contributed by atoms with van der Waals surface area (Å²) in [7, 11) is 0. The van der Waals surface area contributed by atoms with E-state index in [9.17, 15) is 9.50 Å². The fraction of sp³-hybridized carbons (Fsp3) is 0.167. The summed E-state index contributed by atoms with van der Waals surface area (Å²) in [6.07, 6.45) is 0.506. The van der Waals surface area contributed by atoms with E-state index in [1.165, 1.54) is 18.4 Å². The summed E-state index contributed by atoms with van der Waals surface area (Å²) >= 11 is 5.77. The zero-order chi connectivity index (χ0) is 11.7. The number of aryl methyl sites for hydroxylation is 1. The van der Waals surface area contributed by atoms with E-state index in [4.69, 9.17) is 16.0 Å². The Bertz CT molecular complexity index is 507. The standard InChI is InChI=1S/C12H10ClFO2/c1-7-6-8(14)2-3-9(7)11(15)10-4-5-16-12(10)13/h2-6,11,15H,1H3. The molecule has 0 bridgehead atoms. The second-order valence-corrected chi connectivity index (χ2v) is 3.90. The van der Waals surface area contributed by atoms with Gasteiger partial charge < -0.3 is 9.52 Å². The first-order valence-corrected chi connectivity index (χ1v) is 5.14. The Morgan fingerprint density at radius 3 is 2.62 bits per heavy atom. The maximum Gasteiger partial charge on any atom is 0.199 e. The molecule has 2 aromatic rings. The van der Waals surface area contributed by atoms with Crippen molar-refractivity contribution in [3.63, 3.8) is 0 Å².